The van der Waals surface area contributed by atoms with E-state index in [9.17, 15) is 0 Å². The first-order valence-corrected chi connectivity index (χ1v) is 7.81. The van der Waals surface area contributed by atoms with Crippen LogP contribution in [0.15, 0.2) is 29.0 Å². The van der Waals surface area contributed by atoms with E-state index in [4.69, 9.17) is 0 Å². The highest BCUT2D eigenvalue weighted by Gasteiger charge is 2.18. The molecule has 0 aliphatic heterocycles. The Kier molecular flexibility index (Phi) is 5.31. The molecule has 0 radical (unpaired) electrons. The molecule has 0 aromatic carbocycles. The van der Waals surface area contributed by atoms with Crippen LogP contribution in [-0.4, -0.2) is 21.3 Å². The third-order valence-electron chi connectivity index (χ3n) is 3.39. The summed E-state index contributed by atoms with van der Waals surface area (Å²) in [5.41, 5.74) is 3.49. The van der Waals surface area contributed by atoms with Crippen LogP contribution in [-0.2, 0) is 13.0 Å². The first-order valence-electron chi connectivity index (χ1n) is 7.02. The van der Waals surface area contributed by atoms with E-state index >= 15 is 0 Å². The maximum atomic E-state index is 4.56. The third-order valence-corrected chi connectivity index (χ3v) is 4.42. The smallest absolute Gasteiger partial charge is 0.0738 e. The van der Waals surface area contributed by atoms with Gasteiger partial charge in [-0.25, -0.2) is 0 Å². The minimum Gasteiger partial charge on any atom is -0.310 e. The number of aryl methyl sites for hydroxylation is 2. The fourth-order valence-corrected chi connectivity index (χ4v) is 2.84. The summed E-state index contributed by atoms with van der Waals surface area (Å²) in [5, 5.41) is 8.10. The number of nitrogens with one attached hydrogen (secondary N) is 1. The van der Waals surface area contributed by atoms with Gasteiger partial charge in [0.05, 0.1) is 15.9 Å². The predicted octanol–water partition coefficient (Wildman–Crippen LogP) is 3.26. The van der Waals surface area contributed by atoms with Crippen molar-refractivity contribution in [2.45, 2.75) is 39.8 Å². The number of hydrogen-bond donors (Lipinski definition) is 1. The van der Waals surface area contributed by atoms with Crippen molar-refractivity contribution in [3.8, 4) is 0 Å². The van der Waals surface area contributed by atoms with Crippen molar-refractivity contribution < 1.29 is 0 Å². The number of hydrogen-bond acceptors (Lipinski definition) is 3. The summed E-state index contributed by atoms with van der Waals surface area (Å²) < 4.78 is 3.19. The van der Waals surface area contributed by atoms with E-state index in [1.807, 2.05) is 25.4 Å². The highest BCUT2D eigenvalue weighted by Crippen LogP contribution is 2.26. The minimum atomic E-state index is 0.256. The van der Waals surface area contributed by atoms with Crippen LogP contribution >= 0.6 is 15.9 Å². The molecule has 0 aliphatic carbocycles. The molecule has 2 heterocycles. The lowest BCUT2D eigenvalue weighted by atomic mass is 10.0. The fourth-order valence-electron chi connectivity index (χ4n) is 2.39. The van der Waals surface area contributed by atoms with Crippen molar-refractivity contribution in [1.29, 1.82) is 0 Å². The molecule has 2 aromatic heterocycles. The first kappa shape index (κ1) is 15.2. The maximum Gasteiger partial charge on any atom is 0.0738 e. The molecular weight excluding hydrogens is 316 g/mol. The van der Waals surface area contributed by atoms with Gasteiger partial charge >= 0.3 is 0 Å². The Labute approximate surface area is 128 Å². The zero-order valence-electron chi connectivity index (χ0n) is 12.2. The molecule has 4 nitrogen and oxygen atoms in total. The van der Waals surface area contributed by atoms with Gasteiger partial charge < -0.3 is 5.32 Å². The summed E-state index contributed by atoms with van der Waals surface area (Å²) in [4.78, 5) is 4.23. The van der Waals surface area contributed by atoms with E-state index in [1.165, 1.54) is 11.3 Å². The quantitative estimate of drug-likeness (QED) is 0.880. The second kappa shape index (κ2) is 6.99. The Balaban J connectivity index is 2.29. The average molecular weight is 337 g/mol. The van der Waals surface area contributed by atoms with Gasteiger partial charge in [0.25, 0.3) is 0 Å². The number of pyridine rings is 1. The number of halogens is 1. The lowest BCUT2D eigenvalue weighted by molar-refractivity contribution is 0.514. The standard InChI is InChI=1S/C15H21BrN4/c1-4-18-13(12-7-6-8-17-10-12)9-14-15(16)11(3)19-20(14)5-2/h6-8,10,13,18H,4-5,9H2,1-3H3. The molecule has 0 bridgehead atoms. The molecule has 0 fully saturated rings. The van der Waals surface area contributed by atoms with Crippen molar-refractivity contribution in [1.82, 2.24) is 20.1 Å². The zero-order valence-corrected chi connectivity index (χ0v) is 13.8. The largest absolute Gasteiger partial charge is 0.310 e. The molecule has 0 aliphatic rings. The molecule has 5 heteroatoms. The van der Waals surface area contributed by atoms with Crippen LogP contribution in [0.3, 0.4) is 0 Å². The van der Waals surface area contributed by atoms with E-state index in [0.717, 1.165) is 29.7 Å². The van der Waals surface area contributed by atoms with E-state index in [1.54, 1.807) is 0 Å². The van der Waals surface area contributed by atoms with Gasteiger partial charge in [0.15, 0.2) is 0 Å². The Morgan fingerprint density at radius 2 is 2.20 bits per heavy atom. The molecule has 1 atom stereocenters. The Morgan fingerprint density at radius 3 is 2.80 bits per heavy atom. The van der Waals surface area contributed by atoms with E-state index in [2.05, 4.69) is 55.9 Å². The molecule has 108 valence electrons. The monoisotopic (exact) mass is 336 g/mol. The number of rotatable bonds is 6. The molecule has 2 rings (SSSR count). The highest BCUT2D eigenvalue weighted by atomic mass is 79.9. The molecule has 2 aromatic rings. The summed E-state index contributed by atoms with van der Waals surface area (Å²) in [5.74, 6) is 0. The van der Waals surface area contributed by atoms with Crippen LogP contribution in [0.4, 0.5) is 0 Å². The van der Waals surface area contributed by atoms with Gasteiger partial charge in [-0.2, -0.15) is 5.10 Å². The normalized spacial score (nSPS) is 12.6. The second-order valence-electron chi connectivity index (χ2n) is 4.76. The average Bonchev–Trinajstić information content (AvgIpc) is 2.75. The topological polar surface area (TPSA) is 42.7 Å². The Hall–Kier alpha value is -1.20. The molecular formula is C15H21BrN4. The van der Waals surface area contributed by atoms with Crippen LogP contribution in [0.5, 0.6) is 0 Å². The van der Waals surface area contributed by atoms with Gasteiger partial charge in [0.2, 0.25) is 0 Å². The molecule has 0 spiro atoms. The number of likely N-dealkylation sites (N-methyl/N-ethyl adjacent to an activating group) is 1. The molecule has 0 saturated heterocycles. The van der Waals surface area contributed by atoms with Gasteiger partial charge in [0.1, 0.15) is 0 Å². The predicted molar refractivity (Wildman–Crippen MR) is 84.7 cm³/mol. The van der Waals surface area contributed by atoms with Crippen LogP contribution in [0, 0.1) is 6.92 Å². The van der Waals surface area contributed by atoms with Crippen LogP contribution in [0.1, 0.15) is 36.8 Å². The van der Waals surface area contributed by atoms with Crippen LogP contribution < -0.4 is 5.32 Å². The maximum absolute atomic E-state index is 4.56. The summed E-state index contributed by atoms with van der Waals surface area (Å²) >= 11 is 3.67. The van der Waals surface area contributed by atoms with Crippen molar-refractivity contribution in [3.05, 3.63) is 46.0 Å². The summed E-state index contributed by atoms with van der Waals surface area (Å²) in [6, 6.07) is 4.36. The lowest BCUT2D eigenvalue weighted by Gasteiger charge is -2.19. The SMILES string of the molecule is CCNC(Cc1c(Br)c(C)nn1CC)c1cccnc1. The molecule has 0 saturated carbocycles. The van der Waals surface area contributed by atoms with Gasteiger partial charge in [-0.1, -0.05) is 13.0 Å². The van der Waals surface area contributed by atoms with Gasteiger partial charge in [0, 0.05) is 31.4 Å². The van der Waals surface area contributed by atoms with Crippen molar-refractivity contribution in [2.24, 2.45) is 0 Å². The van der Waals surface area contributed by atoms with Gasteiger partial charge in [-0.3, -0.25) is 9.67 Å². The first-order chi connectivity index (χ1) is 9.67. The highest BCUT2D eigenvalue weighted by molar-refractivity contribution is 9.10. The van der Waals surface area contributed by atoms with Crippen molar-refractivity contribution in [2.75, 3.05) is 6.54 Å². The van der Waals surface area contributed by atoms with E-state index in [-0.39, 0.29) is 6.04 Å². The van der Waals surface area contributed by atoms with E-state index in [0.29, 0.717) is 0 Å². The summed E-state index contributed by atoms with van der Waals surface area (Å²) in [6.07, 6.45) is 4.64. The number of aromatic nitrogens is 3. The zero-order chi connectivity index (χ0) is 14.5. The second-order valence-corrected chi connectivity index (χ2v) is 5.56. The molecule has 0 amide bonds. The van der Waals surface area contributed by atoms with Crippen molar-refractivity contribution in [3.63, 3.8) is 0 Å². The van der Waals surface area contributed by atoms with E-state index < -0.39 is 0 Å². The Bertz CT molecular complexity index is 551. The summed E-state index contributed by atoms with van der Waals surface area (Å²) in [7, 11) is 0. The van der Waals surface area contributed by atoms with Gasteiger partial charge in [-0.05, 0) is 48.0 Å². The fraction of sp³-hybridized carbons (Fsp3) is 0.467. The minimum absolute atomic E-state index is 0.256. The third kappa shape index (κ3) is 3.27. The van der Waals surface area contributed by atoms with Crippen LogP contribution in [0.25, 0.3) is 0 Å². The Morgan fingerprint density at radius 1 is 1.40 bits per heavy atom. The van der Waals surface area contributed by atoms with Gasteiger partial charge in [-0.15, -0.1) is 0 Å². The molecule has 1 N–H and O–H groups in total. The summed E-state index contributed by atoms with van der Waals surface area (Å²) in [6.45, 7) is 8.09. The van der Waals surface area contributed by atoms with Crippen molar-refractivity contribution >= 4 is 15.9 Å². The number of nitrogens with zero attached hydrogens (tertiary/aromatic N) is 3. The van der Waals surface area contributed by atoms with Crippen LogP contribution in [0.2, 0.25) is 0 Å². The molecule has 20 heavy (non-hydrogen) atoms. The lowest BCUT2D eigenvalue weighted by Crippen LogP contribution is -2.24. The molecule has 1 unspecified atom stereocenters.